The molecular weight excluding hydrogens is 210 g/mol. The zero-order chi connectivity index (χ0) is 12.1. The van der Waals surface area contributed by atoms with Crippen LogP contribution in [0.2, 0.25) is 0 Å². The first kappa shape index (κ1) is 11.9. The minimum Gasteiger partial charge on any atom is -0.320 e. The molecule has 0 saturated heterocycles. The van der Waals surface area contributed by atoms with Gasteiger partial charge in [0, 0.05) is 6.20 Å². The Hall–Kier alpha value is -1.61. The average molecular weight is 229 g/mol. The molecule has 3 nitrogen and oxygen atoms in total. The van der Waals surface area contributed by atoms with E-state index in [9.17, 15) is 0 Å². The van der Waals surface area contributed by atoms with Gasteiger partial charge >= 0.3 is 0 Å². The molecule has 0 aliphatic rings. The van der Waals surface area contributed by atoms with Crippen LogP contribution in [-0.2, 0) is 6.42 Å². The molecule has 1 aromatic carbocycles. The molecule has 17 heavy (non-hydrogen) atoms. The molecule has 2 rings (SSSR count). The maximum atomic E-state index is 4.39. The van der Waals surface area contributed by atoms with Gasteiger partial charge in [0.05, 0.1) is 11.9 Å². The van der Waals surface area contributed by atoms with Gasteiger partial charge in [-0.15, -0.1) is 0 Å². The number of rotatable bonds is 5. The van der Waals surface area contributed by atoms with Gasteiger partial charge in [-0.05, 0) is 51.1 Å². The molecule has 0 unspecified atom stereocenters. The fraction of sp³-hybridized carbons (Fsp3) is 0.357. The predicted molar refractivity (Wildman–Crippen MR) is 70.5 cm³/mol. The van der Waals surface area contributed by atoms with Gasteiger partial charge in [0.25, 0.3) is 0 Å². The van der Waals surface area contributed by atoms with E-state index in [1.165, 1.54) is 11.1 Å². The van der Waals surface area contributed by atoms with Gasteiger partial charge in [-0.25, -0.2) is 4.68 Å². The largest absolute Gasteiger partial charge is 0.320 e. The summed E-state index contributed by atoms with van der Waals surface area (Å²) in [5.41, 5.74) is 3.69. The van der Waals surface area contributed by atoms with Crippen molar-refractivity contribution in [2.24, 2.45) is 0 Å². The van der Waals surface area contributed by atoms with E-state index in [0.29, 0.717) is 0 Å². The molecule has 2 aromatic rings. The summed E-state index contributed by atoms with van der Waals surface area (Å²) >= 11 is 0. The second-order valence-corrected chi connectivity index (χ2v) is 4.34. The van der Waals surface area contributed by atoms with Gasteiger partial charge in [-0.1, -0.05) is 17.7 Å². The summed E-state index contributed by atoms with van der Waals surface area (Å²) in [6.45, 7) is 3.14. The number of nitrogens with zero attached hydrogens (tertiary/aromatic N) is 2. The highest BCUT2D eigenvalue weighted by atomic mass is 15.3. The van der Waals surface area contributed by atoms with Gasteiger partial charge in [0.15, 0.2) is 0 Å². The summed E-state index contributed by atoms with van der Waals surface area (Å²) < 4.78 is 1.94. The molecule has 0 spiro atoms. The van der Waals surface area contributed by atoms with Gasteiger partial charge in [0.1, 0.15) is 0 Å². The summed E-state index contributed by atoms with van der Waals surface area (Å²) in [5, 5.41) is 7.55. The van der Waals surface area contributed by atoms with E-state index in [1.807, 2.05) is 17.9 Å². The van der Waals surface area contributed by atoms with Crippen LogP contribution < -0.4 is 5.32 Å². The van der Waals surface area contributed by atoms with Crippen LogP contribution in [0.25, 0.3) is 5.69 Å². The van der Waals surface area contributed by atoms with Crippen molar-refractivity contribution in [3.05, 3.63) is 47.8 Å². The van der Waals surface area contributed by atoms with E-state index < -0.39 is 0 Å². The van der Waals surface area contributed by atoms with Crippen molar-refractivity contribution in [1.29, 1.82) is 0 Å². The molecule has 0 fully saturated rings. The highest BCUT2D eigenvalue weighted by Gasteiger charge is 2.00. The third-order valence-corrected chi connectivity index (χ3v) is 2.83. The third-order valence-electron chi connectivity index (χ3n) is 2.83. The fourth-order valence-corrected chi connectivity index (χ4v) is 1.80. The minimum atomic E-state index is 1.05. The molecular formula is C14H19N3. The Labute approximate surface area is 102 Å². The van der Waals surface area contributed by atoms with Crippen molar-refractivity contribution >= 4 is 0 Å². The normalized spacial score (nSPS) is 10.7. The van der Waals surface area contributed by atoms with E-state index in [2.05, 4.69) is 47.8 Å². The predicted octanol–water partition coefficient (Wildman–Crippen LogP) is 2.33. The Morgan fingerprint density at radius 1 is 1.24 bits per heavy atom. The molecule has 1 heterocycles. The first-order valence-electron chi connectivity index (χ1n) is 6.05. The van der Waals surface area contributed by atoms with Crippen LogP contribution in [0.3, 0.4) is 0 Å². The van der Waals surface area contributed by atoms with Gasteiger partial charge < -0.3 is 5.32 Å². The van der Waals surface area contributed by atoms with Crippen molar-refractivity contribution in [3.8, 4) is 5.69 Å². The maximum absolute atomic E-state index is 4.39. The second-order valence-electron chi connectivity index (χ2n) is 4.34. The van der Waals surface area contributed by atoms with E-state index in [0.717, 1.165) is 25.1 Å². The average Bonchev–Trinajstić information content (AvgIpc) is 2.79. The van der Waals surface area contributed by atoms with Gasteiger partial charge in [-0.2, -0.15) is 5.10 Å². The number of hydrogen-bond donors (Lipinski definition) is 1. The highest BCUT2D eigenvalue weighted by molar-refractivity contribution is 5.33. The molecule has 0 amide bonds. The standard InChI is InChI=1S/C14H19N3/c1-12-5-7-14(8-6-12)17-11-13(10-16-17)4-3-9-15-2/h5-8,10-11,15H,3-4,9H2,1-2H3. The minimum absolute atomic E-state index is 1.05. The third kappa shape index (κ3) is 3.17. The second kappa shape index (κ2) is 5.64. The molecule has 0 aliphatic carbocycles. The Bertz CT molecular complexity index is 457. The van der Waals surface area contributed by atoms with Crippen LogP contribution in [0.4, 0.5) is 0 Å². The Morgan fingerprint density at radius 3 is 2.71 bits per heavy atom. The number of nitrogens with one attached hydrogen (secondary N) is 1. The van der Waals surface area contributed by atoms with Crippen molar-refractivity contribution in [3.63, 3.8) is 0 Å². The quantitative estimate of drug-likeness (QED) is 0.797. The number of hydrogen-bond acceptors (Lipinski definition) is 2. The highest BCUT2D eigenvalue weighted by Crippen LogP contribution is 2.10. The summed E-state index contributed by atoms with van der Waals surface area (Å²) in [5.74, 6) is 0. The van der Waals surface area contributed by atoms with Crippen molar-refractivity contribution in [2.45, 2.75) is 19.8 Å². The smallest absolute Gasteiger partial charge is 0.0645 e. The lowest BCUT2D eigenvalue weighted by Gasteiger charge is -2.01. The Morgan fingerprint density at radius 2 is 2.00 bits per heavy atom. The number of benzene rings is 1. The zero-order valence-electron chi connectivity index (χ0n) is 10.5. The SMILES string of the molecule is CNCCCc1cnn(-c2ccc(C)cc2)c1. The monoisotopic (exact) mass is 229 g/mol. The number of aryl methyl sites for hydroxylation is 2. The van der Waals surface area contributed by atoms with E-state index in [1.54, 1.807) is 0 Å². The van der Waals surface area contributed by atoms with Crippen LogP contribution in [0.1, 0.15) is 17.5 Å². The fourth-order valence-electron chi connectivity index (χ4n) is 1.80. The van der Waals surface area contributed by atoms with Gasteiger partial charge in [0.2, 0.25) is 0 Å². The lowest BCUT2D eigenvalue weighted by atomic mass is 10.2. The van der Waals surface area contributed by atoms with Crippen molar-refractivity contribution < 1.29 is 0 Å². The summed E-state index contributed by atoms with van der Waals surface area (Å²) in [7, 11) is 1.98. The molecule has 90 valence electrons. The molecule has 0 saturated carbocycles. The Kier molecular flexibility index (Phi) is 3.94. The summed E-state index contributed by atoms with van der Waals surface area (Å²) in [4.78, 5) is 0. The first-order chi connectivity index (χ1) is 8.29. The van der Waals surface area contributed by atoms with Crippen LogP contribution in [-0.4, -0.2) is 23.4 Å². The molecule has 0 radical (unpaired) electrons. The molecule has 0 aliphatic heterocycles. The molecule has 0 bridgehead atoms. The van der Waals surface area contributed by atoms with Crippen LogP contribution >= 0.6 is 0 Å². The van der Waals surface area contributed by atoms with E-state index in [-0.39, 0.29) is 0 Å². The van der Waals surface area contributed by atoms with Crippen LogP contribution in [0.15, 0.2) is 36.7 Å². The Balaban J connectivity index is 2.04. The summed E-state index contributed by atoms with van der Waals surface area (Å²) in [6.07, 6.45) is 6.29. The topological polar surface area (TPSA) is 29.9 Å². The molecule has 1 N–H and O–H groups in total. The van der Waals surface area contributed by atoms with Crippen molar-refractivity contribution in [1.82, 2.24) is 15.1 Å². The zero-order valence-corrected chi connectivity index (χ0v) is 10.5. The van der Waals surface area contributed by atoms with Crippen LogP contribution in [0.5, 0.6) is 0 Å². The first-order valence-corrected chi connectivity index (χ1v) is 6.05. The number of aromatic nitrogens is 2. The van der Waals surface area contributed by atoms with E-state index in [4.69, 9.17) is 0 Å². The van der Waals surface area contributed by atoms with E-state index >= 15 is 0 Å². The van der Waals surface area contributed by atoms with Crippen LogP contribution in [0, 0.1) is 6.92 Å². The molecule has 1 aromatic heterocycles. The molecule has 3 heteroatoms. The summed E-state index contributed by atoms with van der Waals surface area (Å²) in [6, 6.07) is 8.41. The lowest BCUT2D eigenvalue weighted by Crippen LogP contribution is -2.08. The maximum Gasteiger partial charge on any atom is 0.0645 e. The van der Waals surface area contributed by atoms with Gasteiger partial charge in [-0.3, -0.25) is 0 Å². The van der Waals surface area contributed by atoms with Crippen molar-refractivity contribution in [2.75, 3.05) is 13.6 Å². The molecule has 0 atom stereocenters. The lowest BCUT2D eigenvalue weighted by molar-refractivity contribution is 0.724.